The largest absolute Gasteiger partial charge is 0.379 e. The summed E-state index contributed by atoms with van der Waals surface area (Å²) >= 11 is 0. The van der Waals surface area contributed by atoms with Crippen molar-refractivity contribution >= 4 is 27.2 Å². The topological polar surface area (TPSA) is 112 Å². The van der Waals surface area contributed by atoms with Crippen molar-refractivity contribution < 1.29 is 18.3 Å². The summed E-state index contributed by atoms with van der Waals surface area (Å²) in [7, 11) is 3.85. The number of alkyl halides is 1. The smallest absolute Gasteiger partial charge is 0.207 e. The van der Waals surface area contributed by atoms with Gasteiger partial charge in [-0.1, -0.05) is 9.24 Å². The van der Waals surface area contributed by atoms with Crippen LogP contribution in [0, 0.1) is 5.82 Å². The number of amides is 1. The summed E-state index contributed by atoms with van der Waals surface area (Å²) in [5, 5.41) is 14.5. The van der Waals surface area contributed by atoms with Crippen LogP contribution >= 0.6 is 9.24 Å². The average molecular weight is 491 g/mol. The van der Waals surface area contributed by atoms with E-state index in [-0.39, 0.29) is 18.3 Å². The van der Waals surface area contributed by atoms with E-state index in [0.717, 1.165) is 12.1 Å². The quantitative estimate of drug-likeness (QED) is 0.229. The van der Waals surface area contributed by atoms with Crippen LogP contribution < -0.4 is 16.4 Å². The average Bonchev–Trinajstić information content (AvgIpc) is 3.55. The van der Waals surface area contributed by atoms with Gasteiger partial charge in [0, 0.05) is 56.2 Å². The molecule has 1 amide bonds. The van der Waals surface area contributed by atoms with Gasteiger partial charge >= 0.3 is 0 Å². The molecular weight excluding hydrogens is 463 g/mol. The molecular formula is C22H28F2N7O2P. The lowest BCUT2D eigenvalue weighted by Crippen LogP contribution is -2.20. The van der Waals surface area contributed by atoms with E-state index in [4.69, 9.17) is 10.5 Å². The lowest BCUT2D eigenvalue weighted by molar-refractivity contribution is -0.109. The number of ether oxygens (including phenoxy) is 1. The zero-order chi connectivity index (χ0) is 24.2. The first kappa shape index (κ1) is 24.3. The van der Waals surface area contributed by atoms with Crippen molar-refractivity contribution in [3.05, 3.63) is 47.2 Å². The van der Waals surface area contributed by atoms with E-state index in [9.17, 15) is 9.18 Å². The molecule has 9 nitrogen and oxygen atoms in total. The molecule has 0 spiro atoms. The fourth-order valence-corrected chi connectivity index (χ4v) is 4.48. The van der Waals surface area contributed by atoms with Crippen molar-refractivity contribution in [1.29, 1.82) is 0 Å². The molecule has 12 heteroatoms. The Bertz CT molecular complexity index is 1160. The van der Waals surface area contributed by atoms with E-state index in [0.29, 0.717) is 60.7 Å². The van der Waals surface area contributed by atoms with Gasteiger partial charge in [-0.05, 0) is 29.7 Å². The summed E-state index contributed by atoms with van der Waals surface area (Å²) in [6, 6.07) is 2.76. The van der Waals surface area contributed by atoms with Gasteiger partial charge in [0.25, 0.3) is 0 Å². The summed E-state index contributed by atoms with van der Waals surface area (Å²) in [6.45, 7) is 1.69. The van der Waals surface area contributed by atoms with Crippen molar-refractivity contribution in [1.82, 2.24) is 24.9 Å². The van der Waals surface area contributed by atoms with Crippen LogP contribution in [0.5, 0.6) is 0 Å². The second-order valence-corrected chi connectivity index (χ2v) is 8.70. The first-order chi connectivity index (χ1) is 16.4. The lowest BCUT2D eigenvalue weighted by atomic mass is 10.0. The summed E-state index contributed by atoms with van der Waals surface area (Å²) < 4.78 is 38.7. The molecule has 1 saturated heterocycles. The predicted octanol–water partition coefficient (Wildman–Crippen LogP) is 2.72. The molecule has 1 fully saturated rings. The molecule has 4 rings (SSSR count). The Balaban J connectivity index is 1.73. The van der Waals surface area contributed by atoms with Gasteiger partial charge in [-0.2, -0.15) is 10.2 Å². The molecule has 1 aliphatic rings. The van der Waals surface area contributed by atoms with Gasteiger partial charge in [-0.3, -0.25) is 14.2 Å². The van der Waals surface area contributed by atoms with Crippen molar-refractivity contribution in [2.24, 2.45) is 12.8 Å². The highest BCUT2D eigenvalue weighted by atomic mass is 31.0. The summed E-state index contributed by atoms with van der Waals surface area (Å²) in [5.41, 5.74) is 9.04. The molecule has 3 unspecified atom stereocenters. The van der Waals surface area contributed by atoms with Gasteiger partial charge in [0.15, 0.2) is 5.82 Å². The number of aromatic nitrogens is 4. The number of nitrogens with one attached hydrogen (secondary N) is 2. The van der Waals surface area contributed by atoms with Gasteiger partial charge < -0.3 is 21.1 Å². The Morgan fingerprint density at radius 3 is 2.88 bits per heavy atom. The Labute approximate surface area is 198 Å². The van der Waals surface area contributed by atoms with E-state index >= 15 is 4.39 Å². The van der Waals surface area contributed by atoms with Gasteiger partial charge in [-0.15, -0.1) is 0 Å². The number of benzene rings is 1. The highest BCUT2D eigenvalue weighted by Crippen LogP contribution is 2.38. The molecule has 3 aromatic rings. The number of hydrogen-bond donors (Lipinski definition) is 3. The van der Waals surface area contributed by atoms with Crippen LogP contribution in [0.3, 0.4) is 0 Å². The van der Waals surface area contributed by atoms with Gasteiger partial charge in [0.05, 0.1) is 24.5 Å². The third-order valence-electron chi connectivity index (χ3n) is 5.87. The molecule has 0 radical (unpaired) electrons. The predicted molar refractivity (Wildman–Crippen MR) is 128 cm³/mol. The van der Waals surface area contributed by atoms with Crippen LogP contribution in [0.4, 0.5) is 20.3 Å². The number of rotatable bonds is 10. The van der Waals surface area contributed by atoms with Crippen LogP contribution in [-0.2, 0) is 29.5 Å². The minimum absolute atomic E-state index is 0.0164. The second-order valence-electron chi connectivity index (χ2n) is 8.11. The molecule has 1 aliphatic heterocycles. The SMILES string of the molecule is Cn1cc(-c2cc(F)c(Nc3nn(C4CCOC4)c(CCNC=O)c3CN)cc2C(F)P)cn1. The minimum atomic E-state index is -1.41. The number of anilines is 2. The van der Waals surface area contributed by atoms with E-state index < -0.39 is 11.7 Å². The monoisotopic (exact) mass is 491 g/mol. The first-order valence-electron chi connectivity index (χ1n) is 11.0. The number of carbonyl (C=O) groups excluding carboxylic acids is 1. The summed E-state index contributed by atoms with van der Waals surface area (Å²) in [4.78, 5) is 10.7. The third kappa shape index (κ3) is 4.96. The Hall–Kier alpha value is -2.88. The number of hydrogen-bond acceptors (Lipinski definition) is 6. The van der Waals surface area contributed by atoms with Crippen molar-refractivity contribution in [3.8, 4) is 11.1 Å². The third-order valence-corrected chi connectivity index (χ3v) is 6.23. The van der Waals surface area contributed by atoms with Crippen molar-refractivity contribution in [2.75, 3.05) is 25.1 Å². The standard InChI is InChI=1S/C22H28F2N7O2P/c1-30-10-13(9-27-30)15-6-18(23)19(7-16(15)21(24)34)28-22-17(8-25)20(2-4-26-12-32)31(29-22)14-3-5-33-11-14/h6-7,9-10,12,14,21H,2-5,8,11,25,34H2,1H3,(H,26,32)(H,28,29). The maximum atomic E-state index is 15.2. The number of nitrogens with two attached hydrogens (primary N) is 1. The van der Waals surface area contributed by atoms with Crippen LogP contribution in [0.25, 0.3) is 11.1 Å². The van der Waals surface area contributed by atoms with E-state index in [1.54, 1.807) is 24.1 Å². The first-order valence-corrected chi connectivity index (χ1v) is 11.6. The highest BCUT2D eigenvalue weighted by molar-refractivity contribution is 7.16. The fraction of sp³-hybridized carbons (Fsp3) is 0.409. The molecule has 4 N–H and O–H groups in total. The van der Waals surface area contributed by atoms with Crippen LogP contribution in [0.2, 0.25) is 0 Å². The maximum Gasteiger partial charge on any atom is 0.207 e. The summed E-state index contributed by atoms with van der Waals surface area (Å²) in [6.07, 6.45) is 5.19. The number of nitrogens with zero attached hydrogens (tertiary/aromatic N) is 4. The zero-order valence-corrected chi connectivity index (χ0v) is 20.0. The molecule has 3 atom stereocenters. The van der Waals surface area contributed by atoms with Crippen molar-refractivity contribution in [2.45, 2.75) is 31.3 Å². The molecule has 2 aromatic heterocycles. The molecule has 0 bridgehead atoms. The Kier molecular flexibility index (Phi) is 7.55. The summed E-state index contributed by atoms with van der Waals surface area (Å²) in [5.74, 6) is -1.57. The van der Waals surface area contributed by atoms with Gasteiger partial charge in [-0.25, -0.2) is 8.78 Å². The Morgan fingerprint density at radius 1 is 1.44 bits per heavy atom. The van der Waals surface area contributed by atoms with E-state index in [1.807, 2.05) is 4.68 Å². The molecule has 1 aromatic carbocycles. The number of halogens is 2. The maximum absolute atomic E-state index is 15.2. The highest BCUT2D eigenvalue weighted by Gasteiger charge is 2.26. The second kappa shape index (κ2) is 10.6. The van der Waals surface area contributed by atoms with Crippen LogP contribution in [0.15, 0.2) is 24.5 Å². The number of carbonyl (C=O) groups is 1. The van der Waals surface area contributed by atoms with Gasteiger partial charge in [0.2, 0.25) is 6.41 Å². The molecule has 0 aliphatic carbocycles. The van der Waals surface area contributed by atoms with Crippen molar-refractivity contribution in [3.63, 3.8) is 0 Å². The van der Waals surface area contributed by atoms with Gasteiger partial charge in [0.1, 0.15) is 11.7 Å². The van der Waals surface area contributed by atoms with E-state index in [2.05, 4.69) is 30.1 Å². The molecule has 3 heterocycles. The fourth-order valence-electron chi connectivity index (χ4n) is 4.20. The Morgan fingerprint density at radius 2 is 2.26 bits per heavy atom. The minimum Gasteiger partial charge on any atom is -0.379 e. The van der Waals surface area contributed by atoms with Crippen LogP contribution in [0.1, 0.15) is 35.2 Å². The van der Waals surface area contributed by atoms with E-state index in [1.165, 1.54) is 12.1 Å². The lowest BCUT2D eigenvalue weighted by Gasteiger charge is -2.14. The normalized spacial score (nSPS) is 16.6. The molecule has 0 saturated carbocycles. The zero-order valence-electron chi connectivity index (χ0n) is 18.8. The number of aryl methyl sites for hydroxylation is 1. The molecule has 34 heavy (non-hydrogen) atoms. The molecule has 182 valence electrons. The van der Waals surface area contributed by atoms with Crippen LogP contribution in [-0.4, -0.2) is 45.7 Å².